The summed E-state index contributed by atoms with van der Waals surface area (Å²) >= 11 is 1.09. The highest BCUT2D eigenvalue weighted by Crippen LogP contribution is 2.27. The molecule has 2 heterocycles. The molecule has 0 bridgehead atoms. The Balaban J connectivity index is 1.52. The van der Waals surface area contributed by atoms with Crippen LogP contribution in [0.4, 0.5) is 5.69 Å². The van der Waals surface area contributed by atoms with Crippen LogP contribution in [0.5, 0.6) is 0 Å². The van der Waals surface area contributed by atoms with E-state index in [2.05, 4.69) is 20.0 Å². The van der Waals surface area contributed by atoms with Crippen molar-refractivity contribution in [3.05, 3.63) is 66.0 Å². The molecule has 0 spiro atoms. The Kier molecular flexibility index (Phi) is 4.95. The number of aromatic amines is 1. The number of imidazole rings is 1. The summed E-state index contributed by atoms with van der Waals surface area (Å²) in [5.41, 5.74) is 2.97. The highest BCUT2D eigenvalue weighted by atomic mass is 32.2. The van der Waals surface area contributed by atoms with E-state index in [1.165, 1.54) is 6.07 Å². The maximum absolute atomic E-state index is 12.3. The monoisotopic (exact) mass is 412 g/mol. The van der Waals surface area contributed by atoms with Crippen LogP contribution in [-0.4, -0.2) is 30.8 Å². The van der Waals surface area contributed by atoms with Crippen molar-refractivity contribution in [1.82, 2.24) is 14.7 Å². The first kappa shape index (κ1) is 18.4. The third-order valence-corrected chi connectivity index (χ3v) is 6.83. The summed E-state index contributed by atoms with van der Waals surface area (Å²) in [6, 6.07) is 18.0. The van der Waals surface area contributed by atoms with Crippen molar-refractivity contribution in [1.29, 1.82) is 0 Å². The second kappa shape index (κ2) is 7.55. The number of nitrogens with one attached hydrogen (secondary N) is 3. The van der Waals surface area contributed by atoms with E-state index in [0.29, 0.717) is 17.1 Å². The van der Waals surface area contributed by atoms with Crippen LogP contribution >= 0.6 is 11.3 Å². The first-order valence-electron chi connectivity index (χ1n) is 8.40. The number of hydrogen-bond donors (Lipinski definition) is 3. The van der Waals surface area contributed by atoms with E-state index in [-0.39, 0.29) is 10.8 Å². The number of nitrogens with zero attached hydrogens (tertiary/aromatic N) is 1. The molecule has 4 aromatic rings. The Hall–Kier alpha value is -3.01. The lowest BCUT2D eigenvalue weighted by molar-refractivity contribution is -0.115. The molecule has 0 unspecified atom stereocenters. The molecule has 142 valence electrons. The first-order chi connectivity index (χ1) is 13.5. The zero-order valence-corrected chi connectivity index (χ0v) is 16.2. The summed E-state index contributed by atoms with van der Waals surface area (Å²) in [6.07, 6.45) is 0. The minimum Gasteiger partial charge on any atom is -0.338 e. The summed E-state index contributed by atoms with van der Waals surface area (Å²) in [6.45, 7) is -0.366. The highest BCUT2D eigenvalue weighted by Gasteiger charge is 2.17. The fraction of sp³-hybridized carbons (Fsp3) is 0.0526. The Morgan fingerprint density at radius 2 is 1.82 bits per heavy atom. The summed E-state index contributed by atoms with van der Waals surface area (Å²) in [4.78, 5) is 20.1. The van der Waals surface area contributed by atoms with Crippen molar-refractivity contribution < 1.29 is 13.2 Å². The van der Waals surface area contributed by atoms with Crippen LogP contribution < -0.4 is 10.0 Å². The number of anilines is 1. The Morgan fingerprint density at radius 3 is 2.61 bits per heavy atom. The molecule has 28 heavy (non-hydrogen) atoms. The van der Waals surface area contributed by atoms with Crippen molar-refractivity contribution in [2.24, 2.45) is 0 Å². The zero-order valence-electron chi connectivity index (χ0n) is 14.5. The van der Waals surface area contributed by atoms with Gasteiger partial charge in [-0.25, -0.2) is 18.1 Å². The quantitative estimate of drug-likeness (QED) is 0.452. The molecule has 0 saturated carbocycles. The molecule has 4 rings (SSSR count). The molecule has 7 nitrogen and oxygen atoms in total. The lowest BCUT2D eigenvalue weighted by Crippen LogP contribution is -2.32. The molecule has 0 atom stereocenters. The number of benzene rings is 2. The van der Waals surface area contributed by atoms with Gasteiger partial charge in [0.25, 0.3) is 10.0 Å². The number of rotatable bonds is 6. The average molecular weight is 412 g/mol. The van der Waals surface area contributed by atoms with Crippen molar-refractivity contribution >= 4 is 44.0 Å². The van der Waals surface area contributed by atoms with Gasteiger partial charge >= 0.3 is 0 Å². The Morgan fingerprint density at radius 1 is 1.04 bits per heavy atom. The number of sulfonamides is 1. The molecule has 0 saturated heterocycles. The topological polar surface area (TPSA) is 104 Å². The number of amides is 1. The van der Waals surface area contributed by atoms with Gasteiger partial charge in [-0.05, 0) is 35.7 Å². The molecule has 9 heteroatoms. The van der Waals surface area contributed by atoms with E-state index in [0.717, 1.165) is 22.4 Å². The van der Waals surface area contributed by atoms with Crippen LogP contribution in [-0.2, 0) is 14.8 Å². The van der Waals surface area contributed by atoms with Crippen LogP contribution in [0.2, 0.25) is 0 Å². The number of H-pyrrole nitrogens is 1. The van der Waals surface area contributed by atoms with E-state index in [1.807, 2.05) is 36.4 Å². The fourth-order valence-electron chi connectivity index (χ4n) is 2.72. The molecule has 0 aliphatic carbocycles. The normalized spacial score (nSPS) is 11.6. The third kappa shape index (κ3) is 3.81. The molecule has 3 N–H and O–H groups in total. The van der Waals surface area contributed by atoms with Gasteiger partial charge in [0.1, 0.15) is 10.0 Å². The van der Waals surface area contributed by atoms with E-state index >= 15 is 0 Å². The summed E-state index contributed by atoms with van der Waals surface area (Å²) in [7, 11) is -3.69. The average Bonchev–Trinajstić information content (AvgIpc) is 3.37. The van der Waals surface area contributed by atoms with Crippen LogP contribution in [0.1, 0.15) is 0 Å². The summed E-state index contributed by atoms with van der Waals surface area (Å²) < 4.78 is 26.8. The summed E-state index contributed by atoms with van der Waals surface area (Å²) in [5, 5.41) is 4.41. The smallest absolute Gasteiger partial charge is 0.250 e. The van der Waals surface area contributed by atoms with Gasteiger partial charge in [-0.2, -0.15) is 0 Å². The number of carbonyl (C=O) groups excluding carboxylic acids is 1. The SMILES string of the molecule is O=C(CNS(=O)(=O)c1cccs1)Nc1ccccc1-c1nc2ccccc2[nH]1. The molecular weight excluding hydrogens is 396 g/mol. The van der Waals surface area contributed by atoms with Gasteiger partial charge in [-0.15, -0.1) is 11.3 Å². The van der Waals surface area contributed by atoms with Crippen LogP contribution in [0.3, 0.4) is 0 Å². The minimum atomic E-state index is -3.69. The highest BCUT2D eigenvalue weighted by molar-refractivity contribution is 7.91. The standard InChI is InChI=1S/C19H16N4O3S2/c24-17(12-20-28(25,26)18-10-5-11-27-18)21-14-7-2-1-6-13(14)19-22-15-8-3-4-9-16(15)23-19/h1-11,20H,12H2,(H,21,24)(H,22,23). The first-order valence-corrected chi connectivity index (χ1v) is 10.8. The van der Waals surface area contributed by atoms with E-state index in [4.69, 9.17) is 0 Å². The molecule has 0 aliphatic rings. The number of hydrogen-bond acceptors (Lipinski definition) is 5. The van der Waals surface area contributed by atoms with E-state index in [9.17, 15) is 13.2 Å². The minimum absolute atomic E-state index is 0.169. The van der Waals surface area contributed by atoms with Gasteiger partial charge < -0.3 is 10.3 Å². The van der Waals surface area contributed by atoms with Gasteiger partial charge in [-0.1, -0.05) is 30.3 Å². The molecule has 0 aliphatic heterocycles. The van der Waals surface area contributed by atoms with Gasteiger partial charge in [0.2, 0.25) is 5.91 Å². The van der Waals surface area contributed by atoms with Crippen molar-refractivity contribution in [2.45, 2.75) is 4.21 Å². The predicted molar refractivity (Wildman–Crippen MR) is 110 cm³/mol. The van der Waals surface area contributed by atoms with E-state index in [1.54, 1.807) is 23.6 Å². The number of fused-ring (bicyclic) bond motifs is 1. The van der Waals surface area contributed by atoms with Crippen LogP contribution in [0, 0.1) is 0 Å². The van der Waals surface area contributed by atoms with Gasteiger partial charge in [0, 0.05) is 5.56 Å². The number of thiophene rings is 1. The maximum Gasteiger partial charge on any atom is 0.250 e. The number of carbonyl (C=O) groups is 1. The van der Waals surface area contributed by atoms with E-state index < -0.39 is 15.9 Å². The van der Waals surface area contributed by atoms with Gasteiger partial charge in [-0.3, -0.25) is 4.79 Å². The van der Waals surface area contributed by atoms with Crippen molar-refractivity contribution in [3.63, 3.8) is 0 Å². The summed E-state index contributed by atoms with van der Waals surface area (Å²) in [5.74, 6) is 0.153. The molecule has 2 aromatic heterocycles. The van der Waals surface area contributed by atoms with Gasteiger partial charge in [0.15, 0.2) is 0 Å². The third-order valence-electron chi connectivity index (χ3n) is 4.03. The Labute approximate surface area is 165 Å². The number of para-hydroxylation sites is 3. The van der Waals surface area contributed by atoms with Crippen molar-refractivity contribution in [3.8, 4) is 11.4 Å². The molecular formula is C19H16N4O3S2. The molecule has 0 fully saturated rings. The fourth-order valence-corrected chi connectivity index (χ4v) is 4.74. The second-order valence-corrected chi connectivity index (χ2v) is 8.89. The zero-order chi connectivity index (χ0) is 19.6. The van der Waals surface area contributed by atoms with Crippen LogP contribution in [0.25, 0.3) is 22.4 Å². The largest absolute Gasteiger partial charge is 0.338 e. The molecule has 2 aromatic carbocycles. The van der Waals surface area contributed by atoms with Gasteiger partial charge in [0.05, 0.1) is 23.3 Å². The lowest BCUT2D eigenvalue weighted by Gasteiger charge is -2.10. The lowest BCUT2D eigenvalue weighted by atomic mass is 10.1. The second-order valence-electron chi connectivity index (χ2n) is 5.95. The van der Waals surface area contributed by atoms with Crippen LogP contribution in [0.15, 0.2) is 70.3 Å². The Bertz CT molecular complexity index is 1200. The molecule has 1 amide bonds. The van der Waals surface area contributed by atoms with Crippen molar-refractivity contribution in [2.75, 3.05) is 11.9 Å². The molecule has 0 radical (unpaired) electrons. The predicted octanol–water partition coefficient (Wildman–Crippen LogP) is 3.21. The number of aromatic nitrogens is 2. The maximum atomic E-state index is 12.3.